The van der Waals surface area contributed by atoms with Gasteiger partial charge in [0.05, 0.1) is 0 Å². The number of aliphatic hydroxyl groups excluding tert-OH is 1. The predicted molar refractivity (Wildman–Crippen MR) is 115 cm³/mol. The molecule has 0 saturated carbocycles. The zero-order valence-corrected chi connectivity index (χ0v) is 18.1. The van der Waals surface area contributed by atoms with Crippen molar-refractivity contribution in [3.63, 3.8) is 0 Å². The normalized spacial score (nSPS) is 19.7. The summed E-state index contributed by atoms with van der Waals surface area (Å²) < 4.78 is 18.9. The summed E-state index contributed by atoms with van der Waals surface area (Å²) in [5, 5.41) is 9.79. The highest BCUT2D eigenvalue weighted by molar-refractivity contribution is 6.30. The zero-order valence-electron chi connectivity index (χ0n) is 17.4. The molecule has 2 aromatic rings. The van der Waals surface area contributed by atoms with E-state index in [0.29, 0.717) is 23.7 Å². The summed E-state index contributed by atoms with van der Waals surface area (Å²) in [5.41, 5.74) is 1.83. The Kier molecular flexibility index (Phi) is 7.69. The van der Waals surface area contributed by atoms with Gasteiger partial charge in [0.2, 0.25) is 0 Å². The Labute approximate surface area is 182 Å². The van der Waals surface area contributed by atoms with Crippen LogP contribution in [0.4, 0.5) is 4.39 Å². The molecule has 3 rings (SSSR count). The third kappa shape index (κ3) is 5.72. The fraction of sp³-hybridized carbons (Fsp3) is 0.435. The largest absolute Gasteiger partial charge is 0.483 e. The van der Waals surface area contributed by atoms with E-state index in [1.165, 1.54) is 12.1 Å². The van der Waals surface area contributed by atoms with Gasteiger partial charge in [-0.2, -0.15) is 0 Å². The number of rotatable bonds is 7. The summed E-state index contributed by atoms with van der Waals surface area (Å²) in [7, 11) is 0. The van der Waals surface area contributed by atoms with Crippen LogP contribution < -0.4 is 4.74 Å². The van der Waals surface area contributed by atoms with E-state index in [4.69, 9.17) is 16.3 Å². The number of ether oxygens (including phenoxy) is 1. The van der Waals surface area contributed by atoms with Crippen LogP contribution in [-0.4, -0.2) is 59.2 Å². The van der Waals surface area contributed by atoms with E-state index < -0.39 is 0 Å². The smallest absolute Gasteiger partial charge is 0.260 e. The maximum Gasteiger partial charge on any atom is 0.260 e. The fourth-order valence-corrected chi connectivity index (χ4v) is 4.01. The van der Waals surface area contributed by atoms with Crippen LogP contribution in [0.1, 0.15) is 25.0 Å². The SMILES string of the molecule is C[C@@H]1CN(Cc2ccc(F)cc2)[C@@H](C)CN1C(=O)COc1ccc(Cl)cc1CCO. The molecule has 30 heavy (non-hydrogen) atoms. The Hall–Kier alpha value is -2.15. The van der Waals surface area contributed by atoms with E-state index in [1.807, 2.05) is 11.8 Å². The first-order valence-electron chi connectivity index (χ1n) is 10.2. The summed E-state index contributed by atoms with van der Waals surface area (Å²) in [6.45, 7) is 6.11. The Morgan fingerprint density at radius 1 is 1.17 bits per heavy atom. The topological polar surface area (TPSA) is 53.0 Å². The molecule has 0 spiro atoms. The van der Waals surface area contributed by atoms with Crippen LogP contribution in [0.15, 0.2) is 42.5 Å². The van der Waals surface area contributed by atoms with Gasteiger partial charge in [-0.3, -0.25) is 9.69 Å². The van der Waals surface area contributed by atoms with Gasteiger partial charge in [-0.15, -0.1) is 0 Å². The molecule has 0 aromatic heterocycles. The number of carbonyl (C=O) groups excluding carboxylic acids is 1. The molecule has 0 radical (unpaired) electrons. The molecule has 5 nitrogen and oxygen atoms in total. The molecule has 7 heteroatoms. The minimum Gasteiger partial charge on any atom is -0.483 e. The Morgan fingerprint density at radius 2 is 1.90 bits per heavy atom. The van der Waals surface area contributed by atoms with Crippen molar-refractivity contribution >= 4 is 17.5 Å². The summed E-state index contributed by atoms with van der Waals surface area (Å²) >= 11 is 6.02. The summed E-state index contributed by atoms with van der Waals surface area (Å²) in [5.74, 6) is 0.261. The Morgan fingerprint density at radius 3 is 2.60 bits per heavy atom. The first-order valence-corrected chi connectivity index (χ1v) is 10.5. The number of piperazine rings is 1. The van der Waals surface area contributed by atoms with Crippen molar-refractivity contribution in [1.82, 2.24) is 9.80 Å². The van der Waals surface area contributed by atoms with Crippen molar-refractivity contribution in [2.45, 2.75) is 38.9 Å². The number of benzene rings is 2. The molecular weight excluding hydrogens is 407 g/mol. The fourth-order valence-electron chi connectivity index (χ4n) is 3.82. The quantitative estimate of drug-likeness (QED) is 0.724. The van der Waals surface area contributed by atoms with E-state index in [9.17, 15) is 14.3 Å². The van der Waals surface area contributed by atoms with Gasteiger partial charge in [0.15, 0.2) is 6.61 Å². The van der Waals surface area contributed by atoms with Crippen LogP contribution in [0.2, 0.25) is 5.02 Å². The molecule has 1 fully saturated rings. The van der Waals surface area contributed by atoms with E-state index >= 15 is 0 Å². The lowest BCUT2D eigenvalue weighted by molar-refractivity contribution is -0.139. The molecule has 1 heterocycles. The van der Waals surface area contributed by atoms with Crippen molar-refractivity contribution in [3.05, 3.63) is 64.4 Å². The number of hydrogen-bond donors (Lipinski definition) is 1. The number of aliphatic hydroxyl groups is 1. The second-order valence-electron chi connectivity index (χ2n) is 7.81. The summed E-state index contributed by atoms with van der Waals surface area (Å²) in [6, 6.07) is 12.0. The van der Waals surface area contributed by atoms with E-state index in [1.54, 1.807) is 30.3 Å². The first-order chi connectivity index (χ1) is 14.4. The van der Waals surface area contributed by atoms with E-state index in [0.717, 1.165) is 24.2 Å². The van der Waals surface area contributed by atoms with Gasteiger partial charge in [0.25, 0.3) is 5.91 Å². The van der Waals surface area contributed by atoms with Gasteiger partial charge in [-0.05, 0) is 61.7 Å². The van der Waals surface area contributed by atoms with Crippen molar-refractivity contribution in [3.8, 4) is 5.75 Å². The third-order valence-corrected chi connectivity index (χ3v) is 5.72. The monoisotopic (exact) mass is 434 g/mol. The highest BCUT2D eigenvalue weighted by atomic mass is 35.5. The molecule has 1 aliphatic heterocycles. The van der Waals surface area contributed by atoms with Gasteiger partial charge in [0, 0.05) is 43.3 Å². The van der Waals surface area contributed by atoms with Gasteiger partial charge in [0.1, 0.15) is 11.6 Å². The number of nitrogens with zero attached hydrogens (tertiary/aromatic N) is 2. The van der Waals surface area contributed by atoms with Crippen LogP contribution in [-0.2, 0) is 17.8 Å². The minimum atomic E-state index is -0.238. The van der Waals surface area contributed by atoms with E-state index in [2.05, 4.69) is 11.8 Å². The van der Waals surface area contributed by atoms with Crippen LogP contribution in [0, 0.1) is 5.82 Å². The summed E-state index contributed by atoms with van der Waals surface area (Å²) in [4.78, 5) is 17.0. The highest BCUT2D eigenvalue weighted by Gasteiger charge is 2.32. The number of halogens is 2. The maximum atomic E-state index is 13.1. The van der Waals surface area contributed by atoms with Crippen LogP contribution in [0.5, 0.6) is 5.75 Å². The lowest BCUT2D eigenvalue weighted by atomic mass is 10.1. The molecule has 1 aliphatic rings. The molecule has 2 atom stereocenters. The lowest BCUT2D eigenvalue weighted by Gasteiger charge is -2.44. The molecule has 0 unspecified atom stereocenters. The van der Waals surface area contributed by atoms with Crippen LogP contribution >= 0.6 is 11.6 Å². The number of amides is 1. The molecule has 1 saturated heterocycles. The van der Waals surface area contributed by atoms with Crippen molar-refractivity contribution in [2.75, 3.05) is 26.3 Å². The maximum absolute atomic E-state index is 13.1. The third-order valence-electron chi connectivity index (χ3n) is 5.49. The van der Waals surface area contributed by atoms with Gasteiger partial charge >= 0.3 is 0 Å². The molecule has 1 N–H and O–H groups in total. The molecule has 1 amide bonds. The number of carbonyl (C=O) groups is 1. The lowest BCUT2D eigenvalue weighted by Crippen LogP contribution is -2.58. The first kappa shape index (κ1) is 22.5. The van der Waals surface area contributed by atoms with Crippen molar-refractivity contribution in [2.24, 2.45) is 0 Å². The minimum absolute atomic E-state index is 0.0186. The van der Waals surface area contributed by atoms with Crippen LogP contribution in [0.25, 0.3) is 0 Å². The molecule has 2 aromatic carbocycles. The summed E-state index contributed by atoms with van der Waals surface area (Å²) in [6.07, 6.45) is 0.416. The van der Waals surface area contributed by atoms with Gasteiger partial charge in [-0.1, -0.05) is 23.7 Å². The molecular formula is C23H28ClFN2O3. The van der Waals surface area contributed by atoms with Crippen molar-refractivity contribution < 1.29 is 19.0 Å². The average Bonchev–Trinajstić information content (AvgIpc) is 2.71. The van der Waals surface area contributed by atoms with Gasteiger partial charge < -0.3 is 14.7 Å². The Bertz CT molecular complexity index is 862. The molecule has 0 aliphatic carbocycles. The van der Waals surface area contributed by atoms with Crippen LogP contribution in [0.3, 0.4) is 0 Å². The second kappa shape index (κ2) is 10.2. The average molecular weight is 435 g/mol. The predicted octanol–water partition coefficient (Wildman–Crippen LogP) is 3.51. The second-order valence-corrected chi connectivity index (χ2v) is 8.25. The van der Waals surface area contributed by atoms with Gasteiger partial charge in [-0.25, -0.2) is 4.39 Å². The Balaban J connectivity index is 1.58. The number of hydrogen-bond acceptors (Lipinski definition) is 4. The van der Waals surface area contributed by atoms with E-state index in [-0.39, 0.29) is 37.0 Å². The highest BCUT2D eigenvalue weighted by Crippen LogP contribution is 2.24. The zero-order chi connectivity index (χ0) is 21.7. The standard InChI is InChI=1S/C23H28ClFN2O3/c1-16-13-27(17(2)12-26(16)14-18-3-6-21(25)7-4-18)23(29)15-30-22-8-5-20(24)11-19(22)9-10-28/h3-8,11,16-17,28H,9-10,12-15H2,1-2H3/t16-,17+/m0/s1. The van der Waals surface area contributed by atoms with Crippen molar-refractivity contribution in [1.29, 1.82) is 0 Å². The molecule has 0 bridgehead atoms. The molecule has 162 valence electrons.